The molecule has 21 heavy (non-hydrogen) atoms. The Morgan fingerprint density at radius 3 is 2.33 bits per heavy atom. The zero-order valence-corrected chi connectivity index (χ0v) is 14.2. The Morgan fingerprint density at radius 1 is 1.00 bits per heavy atom. The number of nitrogens with zero attached hydrogens (tertiary/aromatic N) is 1. The van der Waals surface area contributed by atoms with Gasteiger partial charge in [-0.05, 0) is 59.1 Å². The summed E-state index contributed by atoms with van der Waals surface area (Å²) >= 11 is 3.53. The fourth-order valence-electron chi connectivity index (χ4n) is 1.97. The van der Waals surface area contributed by atoms with Crippen LogP contribution in [-0.4, -0.2) is 20.4 Å². The summed E-state index contributed by atoms with van der Waals surface area (Å²) in [6.07, 6.45) is 1.83. The van der Waals surface area contributed by atoms with E-state index >= 15 is 0 Å². The molecule has 0 N–H and O–H groups in total. The number of hydrogen-bond acceptors (Lipinski definition) is 3. The molecule has 0 aliphatic rings. The van der Waals surface area contributed by atoms with Crippen LogP contribution in [0.4, 0.5) is 5.69 Å². The zero-order valence-electron chi connectivity index (χ0n) is 12.6. The van der Waals surface area contributed by atoms with Gasteiger partial charge in [0.1, 0.15) is 0 Å². The van der Waals surface area contributed by atoms with Crippen molar-refractivity contribution in [3.8, 4) is 11.5 Å². The maximum Gasteiger partial charge on any atom is 0.161 e. The lowest BCUT2D eigenvalue weighted by molar-refractivity contribution is 0.354. The molecule has 0 radical (unpaired) electrons. The number of ether oxygens (including phenoxy) is 2. The molecule has 0 aromatic heterocycles. The van der Waals surface area contributed by atoms with Crippen molar-refractivity contribution in [1.29, 1.82) is 0 Å². The predicted octanol–water partition coefficient (Wildman–Crippen LogP) is 4.83. The van der Waals surface area contributed by atoms with Gasteiger partial charge in [0, 0.05) is 16.3 Å². The molecule has 110 valence electrons. The standard InChI is InChI=1S/C17H18BrNO2/c1-11-5-6-12(2)15(7-11)19-10-13-8-16(20-3)17(21-4)9-14(13)18/h5-10H,1-4H3. The van der Waals surface area contributed by atoms with Gasteiger partial charge in [-0.3, -0.25) is 4.99 Å². The highest BCUT2D eigenvalue weighted by atomic mass is 79.9. The zero-order chi connectivity index (χ0) is 15.4. The van der Waals surface area contributed by atoms with E-state index in [4.69, 9.17) is 9.47 Å². The van der Waals surface area contributed by atoms with Crippen LogP contribution in [0.3, 0.4) is 0 Å². The van der Waals surface area contributed by atoms with E-state index in [1.54, 1.807) is 14.2 Å². The topological polar surface area (TPSA) is 30.8 Å². The molecular weight excluding hydrogens is 330 g/mol. The predicted molar refractivity (Wildman–Crippen MR) is 90.4 cm³/mol. The fraction of sp³-hybridized carbons (Fsp3) is 0.235. The van der Waals surface area contributed by atoms with Crippen molar-refractivity contribution in [2.45, 2.75) is 13.8 Å². The van der Waals surface area contributed by atoms with Gasteiger partial charge in [0.2, 0.25) is 0 Å². The second kappa shape index (κ2) is 6.76. The molecule has 0 aliphatic carbocycles. The lowest BCUT2D eigenvalue weighted by atomic mass is 10.1. The molecule has 0 aliphatic heterocycles. The minimum Gasteiger partial charge on any atom is -0.493 e. The summed E-state index contributed by atoms with van der Waals surface area (Å²) in [5.41, 5.74) is 4.25. The van der Waals surface area contributed by atoms with Crippen LogP contribution in [0.2, 0.25) is 0 Å². The first-order chi connectivity index (χ1) is 10.0. The average molecular weight is 348 g/mol. The second-order valence-corrected chi connectivity index (χ2v) is 5.63. The summed E-state index contributed by atoms with van der Waals surface area (Å²) in [4.78, 5) is 4.58. The first-order valence-electron chi connectivity index (χ1n) is 6.58. The Hall–Kier alpha value is -1.81. The number of hydrogen-bond donors (Lipinski definition) is 0. The van der Waals surface area contributed by atoms with E-state index in [0.717, 1.165) is 21.3 Å². The first-order valence-corrected chi connectivity index (χ1v) is 7.37. The van der Waals surface area contributed by atoms with Crippen molar-refractivity contribution in [1.82, 2.24) is 0 Å². The number of benzene rings is 2. The van der Waals surface area contributed by atoms with Gasteiger partial charge in [0.05, 0.1) is 19.9 Å². The Balaban J connectivity index is 2.39. The second-order valence-electron chi connectivity index (χ2n) is 4.78. The van der Waals surface area contributed by atoms with E-state index in [2.05, 4.69) is 53.0 Å². The van der Waals surface area contributed by atoms with Crippen LogP contribution >= 0.6 is 15.9 Å². The largest absolute Gasteiger partial charge is 0.493 e. The van der Waals surface area contributed by atoms with Gasteiger partial charge in [0.25, 0.3) is 0 Å². The molecule has 0 fully saturated rings. The Kier molecular flexibility index (Phi) is 5.02. The van der Waals surface area contributed by atoms with Gasteiger partial charge in [-0.2, -0.15) is 0 Å². The number of methoxy groups -OCH3 is 2. The summed E-state index contributed by atoms with van der Waals surface area (Å²) in [7, 11) is 3.24. The summed E-state index contributed by atoms with van der Waals surface area (Å²) in [6.45, 7) is 4.11. The summed E-state index contributed by atoms with van der Waals surface area (Å²) in [5, 5.41) is 0. The third kappa shape index (κ3) is 3.64. The van der Waals surface area contributed by atoms with Crippen molar-refractivity contribution >= 4 is 27.8 Å². The molecule has 0 bridgehead atoms. The van der Waals surface area contributed by atoms with E-state index in [1.165, 1.54) is 5.56 Å². The highest BCUT2D eigenvalue weighted by molar-refractivity contribution is 9.10. The fourth-order valence-corrected chi connectivity index (χ4v) is 2.39. The Labute approximate surface area is 133 Å². The average Bonchev–Trinajstić information content (AvgIpc) is 2.48. The molecule has 2 aromatic rings. The van der Waals surface area contributed by atoms with Gasteiger partial charge < -0.3 is 9.47 Å². The van der Waals surface area contributed by atoms with Crippen molar-refractivity contribution in [3.05, 3.63) is 51.5 Å². The lowest BCUT2D eigenvalue weighted by Gasteiger charge is -2.09. The molecule has 2 rings (SSSR count). The molecule has 0 amide bonds. The highest BCUT2D eigenvalue weighted by Gasteiger charge is 2.08. The van der Waals surface area contributed by atoms with Gasteiger partial charge in [-0.25, -0.2) is 0 Å². The minimum atomic E-state index is 0.683. The molecule has 0 atom stereocenters. The van der Waals surface area contributed by atoms with Crippen LogP contribution in [0.15, 0.2) is 39.8 Å². The molecule has 4 heteroatoms. The number of rotatable bonds is 4. The quantitative estimate of drug-likeness (QED) is 0.741. The molecule has 0 heterocycles. The van der Waals surface area contributed by atoms with E-state index in [9.17, 15) is 0 Å². The molecule has 0 unspecified atom stereocenters. The van der Waals surface area contributed by atoms with E-state index < -0.39 is 0 Å². The smallest absolute Gasteiger partial charge is 0.161 e. The van der Waals surface area contributed by atoms with Gasteiger partial charge in [0.15, 0.2) is 11.5 Å². The van der Waals surface area contributed by atoms with E-state index in [-0.39, 0.29) is 0 Å². The number of aliphatic imine (C=N–C) groups is 1. The van der Waals surface area contributed by atoms with Crippen molar-refractivity contribution in [3.63, 3.8) is 0 Å². The van der Waals surface area contributed by atoms with E-state index in [1.807, 2.05) is 18.3 Å². The van der Waals surface area contributed by atoms with Gasteiger partial charge in [-0.15, -0.1) is 0 Å². The van der Waals surface area contributed by atoms with Crippen LogP contribution in [0.5, 0.6) is 11.5 Å². The third-order valence-corrected chi connectivity index (χ3v) is 3.90. The molecule has 3 nitrogen and oxygen atoms in total. The van der Waals surface area contributed by atoms with Crippen molar-refractivity contribution in [2.24, 2.45) is 4.99 Å². The summed E-state index contributed by atoms with van der Waals surface area (Å²) in [6, 6.07) is 10.0. The van der Waals surface area contributed by atoms with Crippen LogP contribution < -0.4 is 9.47 Å². The van der Waals surface area contributed by atoms with Gasteiger partial charge >= 0.3 is 0 Å². The molecule has 0 saturated heterocycles. The Bertz CT molecular complexity index is 681. The Morgan fingerprint density at radius 2 is 1.67 bits per heavy atom. The van der Waals surface area contributed by atoms with E-state index in [0.29, 0.717) is 11.5 Å². The normalized spacial score (nSPS) is 10.9. The maximum atomic E-state index is 5.32. The lowest BCUT2D eigenvalue weighted by Crippen LogP contribution is -1.93. The third-order valence-electron chi connectivity index (χ3n) is 3.21. The number of halogens is 1. The first kappa shape index (κ1) is 15.6. The summed E-state index contributed by atoms with van der Waals surface area (Å²) in [5.74, 6) is 1.37. The summed E-state index contributed by atoms with van der Waals surface area (Å²) < 4.78 is 11.5. The van der Waals surface area contributed by atoms with Crippen LogP contribution in [0, 0.1) is 13.8 Å². The maximum absolute atomic E-state index is 5.32. The highest BCUT2D eigenvalue weighted by Crippen LogP contribution is 2.33. The molecule has 0 saturated carbocycles. The van der Waals surface area contributed by atoms with Crippen molar-refractivity contribution < 1.29 is 9.47 Å². The SMILES string of the molecule is COc1cc(Br)c(C=Nc2cc(C)ccc2C)cc1OC. The van der Waals surface area contributed by atoms with Crippen molar-refractivity contribution in [2.75, 3.05) is 14.2 Å². The van der Waals surface area contributed by atoms with Gasteiger partial charge in [-0.1, -0.05) is 12.1 Å². The monoisotopic (exact) mass is 347 g/mol. The number of aryl methyl sites for hydroxylation is 2. The van der Waals surface area contributed by atoms with Crippen LogP contribution in [0.25, 0.3) is 0 Å². The molecule has 0 spiro atoms. The van der Waals surface area contributed by atoms with Crippen LogP contribution in [0.1, 0.15) is 16.7 Å². The molecule has 2 aromatic carbocycles. The molecular formula is C17H18BrNO2. The minimum absolute atomic E-state index is 0.683. The van der Waals surface area contributed by atoms with Crippen LogP contribution in [-0.2, 0) is 0 Å².